The van der Waals surface area contributed by atoms with E-state index in [1.807, 2.05) is 71.6 Å². The van der Waals surface area contributed by atoms with Crippen LogP contribution in [0.3, 0.4) is 0 Å². The number of hydrogen-bond acceptors (Lipinski definition) is 5. The quantitative estimate of drug-likeness (QED) is 0.195. The molecule has 7 nitrogen and oxygen atoms in total. The topological polar surface area (TPSA) is 77.3 Å². The lowest BCUT2D eigenvalue weighted by molar-refractivity contribution is 0.292. The van der Waals surface area contributed by atoms with E-state index in [1.165, 1.54) is 5.12 Å². The number of imidazole rings is 1. The fraction of sp³-hybridized carbons (Fsp3) is 0.423. The molecule has 2 heterocycles. The van der Waals surface area contributed by atoms with Crippen molar-refractivity contribution in [3.63, 3.8) is 0 Å². The number of hydrogen-bond donors (Lipinski definition) is 1. The van der Waals surface area contributed by atoms with Crippen molar-refractivity contribution in [3.8, 4) is 0 Å². The lowest BCUT2D eigenvalue weighted by Gasteiger charge is -2.11. The van der Waals surface area contributed by atoms with Gasteiger partial charge in [0.15, 0.2) is 0 Å². The molecule has 0 aliphatic heterocycles. The van der Waals surface area contributed by atoms with Crippen LogP contribution in [0, 0.1) is 0 Å². The number of aryl methyl sites for hydroxylation is 2. The molecular weight excluding hydrogens is 429 g/mol. The molecule has 0 bridgehead atoms. The summed E-state index contributed by atoms with van der Waals surface area (Å²) in [7, 11) is 3.98. The van der Waals surface area contributed by atoms with E-state index < -0.39 is 0 Å². The molecule has 0 spiro atoms. The summed E-state index contributed by atoms with van der Waals surface area (Å²) in [5, 5.41) is 9.66. The average molecular weight is 470 g/mol. The first-order valence-corrected chi connectivity index (χ1v) is 11.8. The van der Waals surface area contributed by atoms with Gasteiger partial charge in [-0.2, -0.15) is 10.2 Å². The Balaban J connectivity index is 0.000000446. The summed E-state index contributed by atoms with van der Waals surface area (Å²) in [5.74, 6) is 6.78. The van der Waals surface area contributed by atoms with E-state index in [2.05, 4.69) is 33.0 Å². The first kappa shape index (κ1) is 28.8. The molecule has 0 fully saturated rings. The van der Waals surface area contributed by atoms with Gasteiger partial charge < -0.3 is 4.57 Å². The van der Waals surface area contributed by atoms with Gasteiger partial charge in [0.25, 0.3) is 0 Å². The predicted octanol–water partition coefficient (Wildman–Crippen LogP) is 5.82. The predicted molar refractivity (Wildman–Crippen MR) is 141 cm³/mol. The normalized spacial score (nSPS) is 11.5. The molecule has 2 N–H and O–H groups in total. The second-order valence-electron chi connectivity index (χ2n) is 7.34. The molecule has 0 aliphatic rings. The van der Waals surface area contributed by atoms with Gasteiger partial charge in [0.1, 0.15) is 5.82 Å². The highest BCUT2D eigenvalue weighted by Gasteiger charge is 2.11. The number of benzene rings is 1. The SMILES string of the molecule is C/C=C\C/C(F)=C\CC.C/C=N\N(N)Cc1ccc2c(c1)nc(Cc1ccnn1C)n2C.CC. The molecule has 0 atom stereocenters. The Morgan fingerprint density at radius 1 is 1.21 bits per heavy atom. The van der Waals surface area contributed by atoms with Crippen molar-refractivity contribution >= 4 is 17.2 Å². The highest BCUT2D eigenvalue weighted by atomic mass is 19.1. The second kappa shape index (κ2) is 15.6. The van der Waals surface area contributed by atoms with Crippen LogP contribution < -0.4 is 5.84 Å². The van der Waals surface area contributed by atoms with Crippen LogP contribution in [0.4, 0.5) is 4.39 Å². The van der Waals surface area contributed by atoms with E-state index in [4.69, 9.17) is 10.8 Å². The van der Waals surface area contributed by atoms with Crippen molar-refractivity contribution in [1.29, 1.82) is 0 Å². The van der Waals surface area contributed by atoms with Crippen molar-refractivity contribution in [2.45, 2.75) is 60.4 Å². The van der Waals surface area contributed by atoms with Crippen LogP contribution in [0.5, 0.6) is 0 Å². The smallest absolute Gasteiger partial charge is 0.115 e. The molecule has 0 saturated heterocycles. The maximum Gasteiger partial charge on any atom is 0.115 e. The lowest BCUT2D eigenvalue weighted by atomic mass is 10.2. The monoisotopic (exact) mass is 469 g/mol. The Labute approximate surface area is 203 Å². The molecule has 0 aliphatic carbocycles. The molecule has 8 heteroatoms. The van der Waals surface area contributed by atoms with Gasteiger partial charge in [0, 0.05) is 45.0 Å². The molecule has 3 aromatic rings. The summed E-state index contributed by atoms with van der Waals surface area (Å²) in [6, 6.07) is 8.21. The average Bonchev–Trinajstić information content (AvgIpc) is 3.37. The fourth-order valence-corrected chi connectivity index (χ4v) is 3.20. The number of nitrogens with two attached hydrogens (primary N) is 1. The number of rotatable bonds is 8. The van der Waals surface area contributed by atoms with E-state index in [9.17, 15) is 4.39 Å². The van der Waals surface area contributed by atoms with Gasteiger partial charge in [-0.1, -0.05) is 45.1 Å². The molecule has 3 rings (SSSR count). The summed E-state index contributed by atoms with van der Waals surface area (Å²) in [4.78, 5) is 4.77. The van der Waals surface area contributed by atoms with Gasteiger partial charge in [0.2, 0.25) is 0 Å². The molecule has 2 aromatic heterocycles. The highest BCUT2D eigenvalue weighted by molar-refractivity contribution is 5.77. The van der Waals surface area contributed by atoms with Crippen molar-refractivity contribution in [1.82, 2.24) is 24.4 Å². The maximum absolute atomic E-state index is 12.4. The van der Waals surface area contributed by atoms with Gasteiger partial charge in [-0.15, -0.1) is 0 Å². The van der Waals surface area contributed by atoms with Gasteiger partial charge >= 0.3 is 0 Å². The van der Waals surface area contributed by atoms with E-state index in [0.717, 1.165) is 41.0 Å². The first-order chi connectivity index (χ1) is 16.4. The molecule has 34 heavy (non-hydrogen) atoms. The van der Waals surface area contributed by atoms with Gasteiger partial charge in [-0.25, -0.2) is 20.3 Å². The number of halogens is 1. The lowest BCUT2D eigenvalue weighted by Crippen LogP contribution is -2.24. The molecule has 0 unspecified atom stereocenters. The third-order valence-electron chi connectivity index (χ3n) is 4.88. The van der Waals surface area contributed by atoms with Crippen molar-refractivity contribution in [3.05, 3.63) is 71.6 Å². The molecule has 0 radical (unpaired) electrons. The van der Waals surface area contributed by atoms with Crippen LogP contribution in [0.1, 0.15) is 64.5 Å². The van der Waals surface area contributed by atoms with Crippen molar-refractivity contribution in [2.24, 2.45) is 25.0 Å². The second-order valence-corrected chi connectivity index (χ2v) is 7.34. The number of hydrazine groups is 1. The fourth-order valence-electron chi connectivity index (χ4n) is 3.20. The van der Waals surface area contributed by atoms with Crippen molar-refractivity contribution in [2.75, 3.05) is 0 Å². The van der Waals surface area contributed by atoms with Crippen LogP contribution in [0.15, 0.2) is 59.6 Å². The summed E-state index contributed by atoms with van der Waals surface area (Å²) in [5.41, 5.74) is 4.29. The third kappa shape index (κ3) is 8.94. The number of allylic oxidation sites excluding steroid dienone is 4. The minimum absolute atomic E-state index is 0.0319. The molecule has 1 aromatic carbocycles. The van der Waals surface area contributed by atoms with Crippen molar-refractivity contribution < 1.29 is 4.39 Å². The van der Waals surface area contributed by atoms with E-state index in [-0.39, 0.29) is 5.83 Å². The van der Waals surface area contributed by atoms with Gasteiger partial charge in [0.05, 0.1) is 23.4 Å². The maximum atomic E-state index is 12.4. The summed E-state index contributed by atoms with van der Waals surface area (Å²) >= 11 is 0. The Morgan fingerprint density at radius 2 is 1.94 bits per heavy atom. The number of hydrazone groups is 1. The minimum Gasteiger partial charge on any atom is -0.331 e. The summed E-state index contributed by atoms with van der Waals surface area (Å²) in [6.07, 6.45) is 10.7. The van der Waals surface area contributed by atoms with Crippen LogP contribution in [0.2, 0.25) is 0 Å². The van der Waals surface area contributed by atoms with Crippen LogP contribution in [0.25, 0.3) is 11.0 Å². The molecular formula is C26H40FN7. The molecule has 0 amide bonds. The first-order valence-electron chi connectivity index (χ1n) is 11.8. The van der Waals surface area contributed by atoms with Crippen LogP contribution >= 0.6 is 0 Å². The zero-order valence-electron chi connectivity index (χ0n) is 21.7. The molecule has 0 saturated carbocycles. The standard InChI is InChI=1S/C16H21N7.C8H13F.C2H6/c1-4-18-23(17)11-12-5-6-15-14(9-12)20-16(21(15)2)10-13-7-8-19-22(13)3;1-3-5-7-8(9)6-4-2;1-2/h4-9H,10-11,17H2,1-3H3;3,5-6H,4,7H2,1-2H3;1-2H3/b18-4-;5-3-,8-6+;. The summed E-state index contributed by atoms with van der Waals surface area (Å²) in [6.45, 7) is 10.2. The molecule has 186 valence electrons. The Kier molecular flexibility index (Phi) is 13.2. The zero-order chi connectivity index (χ0) is 25.5. The summed E-state index contributed by atoms with van der Waals surface area (Å²) < 4.78 is 16.4. The third-order valence-corrected chi connectivity index (χ3v) is 4.88. The number of aromatic nitrogens is 4. The van der Waals surface area contributed by atoms with Gasteiger partial charge in [-0.3, -0.25) is 4.68 Å². The van der Waals surface area contributed by atoms with E-state index in [1.54, 1.807) is 18.5 Å². The van der Waals surface area contributed by atoms with Crippen LogP contribution in [-0.4, -0.2) is 30.7 Å². The van der Waals surface area contributed by atoms with E-state index in [0.29, 0.717) is 13.0 Å². The number of fused-ring (bicyclic) bond motifs is 1. The Morgan fingerprint density at radius 3 is 2.53 bits per heavy atom. The Bertz CT molecular complexity index is 1080. The Hall–Kier alpha value is -3.26. The van der Waals surface area contributed by atoms with Crippen LogP contribution in [-0.2, 0) is 27.1 Å². The minimum atomic E-state index is -0.0319. The zero-order valence-corrected chi connectivity index (χ0v) is 21.7. The van der Waals surface area contributed by atoms with Gasteiger partial charge in [-0.05, 0) is 44.0 Å². The van der Waals surface area contributed by atoms with E-state index >= 15 is 0 Å². The largest absolute Gasteiger partial charge is 0.331 e. The highest BCUT2D eigenvalue weighted by Crippen LogP contribution is 2.19. The number of nitrogens with zero attached hydrogens (tertiary/aromatic N) is 6.